The van der Waals surface area contributed by atoms with E-state index in [0.29, 0.717) is 30.0 Å². The number of benzene rings is 1. The molecule has 0 aliphatic carbocycles. The molecule has 0 aliphatic rings. The Morgan fingerprint density at radius 2 is 2.04 bits per heavy atom. The Morgan fingerprint density at radius 3 is 2.58 bits per heavy atom. The lowest BCUT2D eigenvalue weighted by atomic mass is 10.0. The maximum Gasteiger partial charge on any atom is 0.251 e. The monoisotopic (exact) mass is 357 g/mol. The Hall–Kier alpha value is -2.76. The molecule has 0 saturated heterocycles. The molecule has 0 atom stereocenters. The summed E-state index contributed by atoms with van der Waals surface area (Å²) in [6.07, 6.45) is 3.10. The van der Waals surface area contributed by atoms with Crippen LogP contribution in [-0.4, -0.2) is 36.5 Å². The fraction of sp³-hybridized carbons (Fsp3) is 0.400. The van der Waals surface area contributed by atoms with Crippen molar-refractivity contribution in [2.75, 3.05) is 20.8 Å². The number of hydrogen-bond acceptors (Lipinski definition) is 4. The van der Waals surface area contributed by atoms with Crippen LogP contribution in [0.25, 0.3) is 0 Å². The van der Waals surface area contributed by atoms with Crippen molar-refractivity contribution in [1.29, 1.82) is 0 Å². The second-order valence-electron chi connectivity index (χ2n) is 6.14. The van der Waals surface area contributed by atoms with Gasteiger partial charge in [0, 0.05) is 30.4 Å². The minimum absolute atomic E-state index is 0.143. The molecule has 2 rings (SSSR count). The third kappa shape index (κ3) is 4.07. The molecule has 0 spiro atoms. The van der Waals surface area contributed by atoms with E-state index in [2.05, 4.69) is 17.0 Å². The molecule has 26 heavy (non-hydrogen) atoms. The van der Waals surface area contributed by atoms with Gasteiger partial charge >= 0.3 is 0 Å². The van der Waals surface area contributed by atoms with Gasteiger partial charge in [0.25, 0.3) is 5.91 Å². The fourth-order valence-electron chi connectivity index (χ4n) is 3.06. The second kappa shape index (κ2) is 8.56. The van der Waals surface area contributed by atoms with E-state index >= 15 is 0 Å². The van der Waals surface area contributed by atoms with Crippen molar-refractivity contribution in [3.63, 3.8) is 0 Å². The molecule has 1 amide bonds. The predicted molar refractivity (Wildman–Crippen MR) is 102 cm³/mol. The first-order valence-electron chi connectivity index (χ1n) is 8.56. The zero-order valence-corrected chi connectivity index (χ0v) is 16.2. The third-order valence-corrected chi connectivity index (χ3v) is 4.50. The summed E-state index contributed by atoms with van der Waals surface area (Å²) in [6, 6.07) is 3.51. The van der Waals surface area contributed by atoms with Crippen molar-refractivity contribution in [3.8, 4) is 11.5 Å². The average molecular weight is 357 g/mol. The highest BCUT2D eigenvalue weighted by Gasteiger charge is 2.16. The van der Waals surface area contributed by atoms with Crippen LogP contribution in [-0.2, 0) is 19.9 Å². The SMILES string of the molecule is C=CCc1cc(C(=O)NCCc2c(C)nn(C)c2C)cc(OC)c1OC. The van der Waals surface area contributed by atoms with E-state index in [9.17, 15) is 4.79 Å². The lowest BCUT2D eigenvalue weighted by Crippen LogP contribution is -2.26. The molecule has 6 nitrogen and oxygen atoms in total. The second-order valence-corrected chi connectivity index (χ2v) is 6.14. The highest BCUT2D eigenvalue weighted by Crippen LogP contribution is 2.33. The molecule has 1 aromatic heterocycles. The molecule has 0 bridgehead atoms. The molecule has 1 heterocycles. The van der Waals surface area contributed by atoms with Crippen LogP contribution in [0.3, 0.4) is 0 Å². The first-order chi connectivity index (χ1) is 12.4. The van der Waals surface area contributed by atoms with E-state index in [4.69, 9.17) is 9.47 Å². The summed E-state index contributed by atoms with van der Waals surface area (Å²) >= 11 is 0. The number of carbonyl (C=O) groups excluding carboxylic acids is 1. The van der Waals surface area contributed by atoms with Crippen LogP contribution in [0.4, 0.5) is 0 Å². The molecule has 6 heteroatoms. The van der Waals surface area contributed by atoms with Gasteiger partial charge in [0.05, 0.1) is 19.9 Å². The summed E-state index contributed by atoms with van der Waals surface area (Å²) < 4.78 is 12.6. The molecule has 140 valence electrons. The van der Waals surface area contributed by atoms with Crippen LogP contribution in [0.1, 0.15) is 32.9 Å². The van der Waals surface area contributed by atoms with Gasteiger partial charge in [0.1, 0.15) is 0 Å². The van der Waals surface area contributed by atoms with Crippen LogP contribution in [0, 0.1) is 13.8 Å². The highest BCUT2D eigenvalue weighted by atomic mass is 16.5. The number of aryl methyl sites for hydroxylation is 2. The Labute approximate surface area is 154 Å². The van der Waals surface area contributed by atoms with Crippen LogP contribution < -0.4 is 14.8 Å². The maximum absolute atomic E-state index is 12.6. The number of nitrogens with one attached hydrogen (secondary N) is 1. The lowest BCUT2D eigenvalue weighted by Gasteiger charge is -2.14. The number of methoxy groups -OCH3 is 2. The van der Waals surface area contributed by atoms with Gasteiger partial charge in [-0.3, -0.25) is 9.48 Å². The number of aromatic nitrogens is 2. The largest absolute Gasteiger partial charge is 0.493 e. The van der Waals surface area contributed by atoms with Gasteiger partial charge in [-0.15, -0.1) is 6.58 Å². The summed E-state index contributed by atoms with van der Waals surface area (Å²) in [4.78, 5) is 12.6. The smallest absolute Gasteiger partial charge is 0.251 e. The van der Waals surface area contributed by atoms with E-state index in [1.807, 2.05) is 31.6 Å². The molecule has 1 aromatic carbocycles. The Morgan fingerprint density at radius 1 is 1.31 bits per heavy atom. The molecule has 0 fully saturated rings. The average Bonchev–Trinajstić information content (AvgIpc) is 2.87. The number of ether oxygens (including phenoxy) is 2. The summed E-state index contributed by atoms with van der Waals surface area (Å²) in [5.74, 6) is 1.02. The maximum atomic E-state index is 12.6. The zero-order chi connectivity index (χ0) is 19.3. The number of nitrogens with zero attached hydrogens (tertiary/aromatic N) is 2. The summed E-state index contributed by atoms with van der Waals surface area (Å²) in [5, 5.41) is 7.38. The van der Waals surface area contributed by atoms with Gasteiger partial charge in [-0.1, -0.05) is 6.08 Å². The van der Waals surface area contributed by atoms with E-state index < -0.39 is 0 Å². The van der Waals surface area contributed by atoms with Crippen molar-refractivity contribution < 1.29 is 14.3 Å². The third-order valence-electron chi connectivity index (χ3n) is 4.50. The Balaban J connectivity index is 2.13. The van der Waals surface area contributed by atoms with Crippen LogP contribution in [0.2, 0.25) is 0 Å². The molecular formula is C20H27N3O3. The van der Waals surface area contributed by atoms with Gasteiger partial charge in [0.15, 0.2) is 11.5 Å². The number of carbonyl (C=O) groups is 1. The van der Waals surface area contributed by atoms with Crippen molar-refractivity contribution in [1.82, 2.24) is 15.1 Å². The number of rotatable bonds is 8. The quantitative estimate of drug-likeness (QED) is 0.738. The Kier molecular flexibility index (Phi) is 6.44. The predicted octanol–water partition coefficient (Wildman–Crippen LogP) is 2.76. The van der Waals surface area contributed by atoms with Gasteiger partial charge in [0.2, 0.25) is 0 Å². The van der Waals surface area contributed by atoms with Crippen LogP contribution >= 0.6 is 0 Å². The van der Waals surface area contributed by atoms with Gasteiger partial charge in [-0.05, 0) is 44.4 Å². The van der Waals surface area contributed by atoms with Crippen LogP contribution in [0.15, 0.2) is 24.8 Å². The topological polar surface area (TPSA) is 65.4 Å². The fourth-order valence-corrected chi connectivity index (χ4v) is 3.06. The minimum atomic E-state index is -0.143. The molecular weight excluding hydrogens is 330 g/mol. The molecule has 2 aromatic rings. The molecule has 0 unspecified atom stereocenters. The van der Waals surface area contributed by atoms with E-state index in [1.54, 1.807) is 26.4 Å². The highest BCUT2D eigenvalue weighted by molar-refractivity contribution is 5.95. The number of allylic oxidation sites excluding steroid dienone is 1. The summed E-state index contributed by atoms with van der Waals surface area (Å²) in [5.41, 5.74) is 4.70. The van der Waals surface area contributed by atoms with Crippen LogP contribution in [0.5, 0.6) is 11.5 Å². The first-order valence-corrected chi connectivity index (χ1v) is 8.56. The van der Waals surface area contributed by atoms with Crippen molar-refractivity contribution in [3.05, 3.63) is 52.9 Å². The number of amides is 1. The first kappa shape index (κ1) is 19.6. The van der Waals surface area contributed by atoms with E-state index in [-0.39, 0.29) is 5.91 Å². The van der Waals surface area contributed by atoms with Gasteiger partial charge in [-0.2, -0.15) is 5.10 Å². The summed E-state index contributed by atoms with van der Waals surface area (Å²) in [7, 11) is 5.07. The van der Waals surface area contributed by atoms with E-state index in [0.717, 1.165) is 23.4 Å². The lowest BCUT2D eigenvalue weighted by molar-refractivity contribution is 0.0953. The van der Waals surface area contributed by atoms with Crippen molar-refractivity contribution in [2.24, 2.45) is 7.05 Å². The Bertz CT molecular complexity index is 809. The minimum Gasteiger partial charge on any atom is -0.493 e. The molecule has 0 saturated carbocycles. The van der Waals surface area contributed by atoms with Crippen molar-refractivity contribution in [2.45, 2.75) is 26.7 Å². The zero-order valence-electron chi connectivity index (χ0n) is 16.2. The van der Waals surface area contributed by atoms with E-state index in [1.165, 1.54) is 5.56 Å². The van der Waals surface area contributed by atoms with Gasteiger partial charge < -0.3 is 14.8 Å². The molecule has 0 aliphatic heterocycles. The standard InChI is InChI=1S/C20H27N3O3/c1-7-8-15-11-16(12-18(25-5)19(15)26-6)20(24)21-10-9-17-13(2)22-23(4)14(17)3/h7,11-12H,1,8-10H2,2-6H3,(H,21,24). The number of hydrogen-bond donors (Lipinski definition) is 1. The molecule has 1 N–H and O–H groups in total. The normalized spacial score (nSPS) is 10.5. The van der Waals surface area contributed by atoms with Crippen molar-refractivity contribution >= 4 is 5.91 Å². The summed E-state index contributed by atoms with van der Waals surface area (Å²) in [6.45, 7) is 8.32. The van der Waals surface area contributed by atoms with Gasteiger partial charge in [-0.25, -0.2) is 0 Å². The molecule has 0 radical (unpaired) electrons.